The fourth-order valence-corrected chi connectivity index (χ4v) is 1.63. The van der Waals surface area contributed by atoms with Crippen molar-refractivity contribution in [3.63, 3.8) is 0 Å². The molecule has 3 N–H and O–H groups in total. The number of aliphatic hydroxyl groups excluding tert-OH is 1. The van der Waals surface area contributed by atoms with Crippen LogP contribution in [-0.4, -0.2) is 23.2 Å². The second-order valence-corrected chi connectivity index (χ2v) is 4.38. The zero-order valence-electron chi connectivity index (χ0n) is 10.4. The summed E-state index contributed by atoms with van der Waals surface area (Å²) in [5.74, 6) is -0.0380. The molecule has 0 aliphatic carbocycles. The summed E-state index contributed by atoms with van der Waals surface area (Å²) in [7, 11) is 0. The Balaban J connectivity index is 3.18. The van der Waals surface area contributed by atoms with Crippen LogP contribution in [0.5, 0.6) is 5.75 Å². The second-order valence-electron chi connectivity index (χ2n) is 4.38. The molecule has 1 aromatic rings. The lowest BCUT2D eigenvalue weighted by molar-refractivity contribution is 0.0993. The Bertz CT molecular complexity index is 400. The summed E-state index contributed by atoms with van der Waals surface area (Å²) in [6.07, 6.45) is -0.112. The standard InChI is InChI=1S/C13H19NO3/c1-8(2)17-12-10(7-9(3)15)5-4-6-11(12)13(14)16/h4-6,8-9,15H,7H2,1-3H3,(H2,14,16)/t9-/m1/s1. The molecule has 94 valence electrons. The van der Waals surface area contributed by atoms with E-state index in [0.29, 0.717) is 17.7 Å². The lowest BCUT2D eigenvalue weighted by Crippen LogP contribution is -2.18. The summed E-state index contributed by atoms with van der Waals surface area (Å²) < 4.78 is 5.63. The van der Waals surface area contributed by atoms with E-state index in [9.17, 15) is 9.90 Å². The molecule has 0 saturated carbocycles. The number of carbonyl (C=O) groups excluding carboxylic acids is 1. The van der Waals surface area contributed by atoms with Crippen LogP contribution in [0.3, 0.4) is 0 Å². The van der Waals surface area contributed by atoms with Crippen LogP contribution in [0.15, 0.2) is 18.2 Å². The van der Waals surface area contributed by atoms with E-state index >= 15 is 0 Å². The average Bonchev–Trinajstić information content (AvgIpc) is 2.18. The molecule has 0 aromatic heterocycles. The van der Waals surface area contributed by atoms with Gasteiger partial charge in [-0.15, -0.1) is 0 Å². The number of nitrogens with two attached hydrogens (primary N) is 1. The monoisotopic (exact) mass is 237 g/mol. The molecule has 1 rings (SSSR count). The number of benzene rings is 1. The van der Waals surface area contributed by atoms with Crippen molar-refractivity contribution in [1.82, 2.24) is 0 Å². The van der Waals surface area contributed by atoms with E-state index in [4.69, 9.17) is 10.5 Å². The Labute approximate surface area is 101 Å². The Morgan fingerprint density at radius 3 is 2.53 bits per heavy atom. The molecule has 0 aliphatic heterocycles. The molecule has 0 radical (unpaired) electrons. The third-order valence-corrected chi connectivity index (χ3v) is 2.23. The van der Waals surface area contributed by atoms with Crippen molar-refractivity contribution in [3.05, 3.63) is 29.3 Å². The smallest absolute Gasteiger partial charge is 0.252 e. The minimum absolute atomic E-state index is 0.0525. The molecule has 1 aromatic carbocycles. The highest BCUT2D eigenvalue weighted by molar-refractivity contribution is 5.96. The van der Waals surface area contributed by atoms with Crippen LogP contribution < -0.4 is 10.5 Å². The molecular formula is C13H19NO3. The van der Waals surface area contributed by atoms with Gasteiger partial charge in [0.25, 0.3) is 5.91 Å². The number of aliphatic hydroxyl groups is 1. The Hall–Kier alpha value is -1.55. The number of hydrogen-bond donors (Lipinski definition) is 2. The van der Waals surface area contributed by atoms with Crippen molar-refractivity contribution >= 4 is 5.91 Å². The van der Waals surface area contributed by atoms with Crippen LogP contribution in [0.25, 0.3) is 0 Å². The van der Waals surface area contributed by atoms with Gasteiger partial charge in [0, 0.05) is 6.42 Å². The zero-order chi connectivity index (χ0) is 13.0. The minimum atomic E-state index is -0.520. The maximum absolute atomic E-state index is 11.3. The van der Waals surface area contributed by atoms with Crippen molar-refractivity contribution < 1.29 is 14.6 Å². The first-order valence-electron chi connectivity index (χ1n) is 5.68. The minimum Gasteiger partial charge on any atom is -0.490 e. The van der Waals surface area contributed by atoms with Gasteiger partial charge < -0.3 is 15.6 Å². The number of rotatable bonds is 5. The lowest BCUT2D eigenvalue weighted by atomic mass is 10.0. The van der Waals surface area contributed by atoms with Crippen molar-refractivity contribution in [3.8, 4) is 5.75 Å². The molecule has 4 nitrogen and oxygen atoms in total. The Morgan fingerprint density at radius 1 is 1.41 bits per heavy atom. The number of para-hydroxylation sites is 1. The molecule has 1 amide bonds. The fourth-order valence-electron chi connectivity index (χ4n) is 1.63. The van der Waals surface area contributed by atoms with Crippen molar-refractivity contribution in [2.45, 2.75) is 39.4 Å². The number of primary amides is 1. The first-order chi connectivity index (χ1) is 7.91. The van der Waals surface area contributed by atoms with E-state index in [1.165, 1.54) is 0 Å². The van der Waals surface area contributed by atoms with Crippen LogP contribution in [0, 0.1) is 0 Å². The fraction of sp³-hybridized carbons (Fsp3) is 0.462. The van der Waals surface area contributed by atoms with E-state index in [-0.39, 0.29) is 6.10 Å². The molecule has 0 bridgehead atoms. The highest BCUT2D eigenvalue weighted by Crippen LogP contribution is 2.26. The van der Waals surface area contributed by atoms with Gasteiger partial charge in [-0.25, -0.2) is 0 Å². The zero-order valence-corrected chi connectivity index (χ0v) is 10.4. The molecule has 0 saturated heterocycles. The number of hydrogen-bond acceptors (Lipinski definition) is 3. The van der Waals surface area contributed by atoms with Gasteiger partial charge >= 0.3 is 0 Å². The van der Waals surface area contributed by atoms with Crippen LogP contribution in [0.4, 0.5) is 0 Å². The van der Waals surface area contributed by atoms with Crippen LogP contribution in [0.2, 0.25) is 0 Å². The van der Waals surface area contributed by atoms with Gasteiger partial charge in [0.05, 0.1) is 17.8 Å². The number of amides is 1. The molecule has 0 heterocycles. The number of carbonyl (C=O) groups is 1. The molecule has 0 spiro atoms. The topological polar surface area (TPSA) is 72.6 Å². The van der Waals surface area contributed by atoms with Crippen LogP contribution in [-0.2, 0) is 6.42 Å². The largest absolute Gasteiger partial charge is 0.490 e. The van der Waals surface area contributed by atoms with Gasteiger partial charge in [-0.05, 0) is 32.4 Å². The van der Waals surface area contributed by atoms with Gasteiger partial charge in [0.15, 0.2) is 0 Å². The van der Waals surface area contributed by atoms with Gasteiger partial charge in [-0.3, -0.25) is 4.79 Å². The predicted molar refractivity (Wildman–Crippen MR) is 66.1 cm³/mol. The lowest BCUT2D eigenvalue weighted by Gasteiger charge is -2.17. The highest BCUT2D eigenvalue weighted by Gasteiger charge is 2.16. The van der Waals surface area contributed by atoms with Crippen molar-refractivity contribution in [1.29, 1.82) is 0 Å². The van der Waals surface area contributed by atoms with E-state index < -0.39 is 12.0 Å². The second kappa shape index (κ2) is 5.68. The molecule has 4 heteroatoms. The quantitative estimate of drug-likeness (QED) is 0.815. The predicted octanol–water partition coefficient (Wildman–Crippen LogP) is 1.50. The van der Waals surface area contributed by atoms with E-state index in [1.807, 2.05) is 19.9 Å². The normalized spacial score (nSPS) is 12.5. The summed E-state index contributed by atoms with van der Waals surface area (Å²) in [6.45, 7) is 5.45. The first-order valence-corrected chi connectivity index (χ1v) is 5.68. The van der Waals surface area contributed by atoms with E-state index in [0.717, 1.165) is 5.56 Å². The maximum Gasteiger partial charge on any atom is 0.252 e. The Kier molecular flexibility index (Phi) is 4.52. The third-order valence-electron chi connectivity index (χ3n) is 2.23. The van der Waals surface area contributed by atoms with Crippen LogP contribution >= 0.6 is 0 Å². The average molecular weight is 237 g/mol. The summed E-state index contributed by atoms with van der Waals surface area (Å²) in [6, 6.07) is 5.20. The number of ether oxygens (including phenoxy) is 1. The van der Waals surface area contributed by atoms with Gasteiger partial charge in [-0.2, -0.15) is 0 Å². The molecule has 17 heavy (non-hydrogen) atoms. The van der Waals surface area contributed by atoms with Crippen molar-refractivity contribution in [2.75, 3.05) is 0 Å². The van der Waals surface area contributed by atoms with Gasteiger partial charge in [-0.1, -0.05) is 12.1 Å². The van der Waals surface area contributed by atoms with Gasteiger partial charge in [0.2, 0.25) is 0 Å². The van der Waals surface area contributed by atoms with Crippen molar-refractivity contribution in [2.24, 2.45) is 5.73 Å². The molecular weight excluding hydrogens is 218 g/mol. The third kappa shape index (κ3) is 3.75. The van der Waals surface area contributed by atoms with E-state index in [2.05, 4.69) is 0 Å². The Morgan fingerprint density at radius 2 is 2.06 bits per heavy atom. The molecule has 0 aliphatic rings. The molecule has 0 unspecified atom stereocenters. The SMILES string of the molecule is CC(C)Oc1c(C[C@@H](C)O)cccc1C(N)=O. The van der Waals surface area contributed by atoms with E-state index in [1.54, 1.807) is 19.1 Å². The summed E-state index contributed by atoms with van der Waals surface area (Å²) >= 11 is 0. The first kappa shape index (κ1) is 13.5. The van der Waals surface area contributed by atoms with Gasteiger partial charge in [0.1, 0.15) is 5.75 Å². The highest BCUT2D eigenvalue weighted by atomic mass is 16.5. The molecule has 0 fully saturated rings. The summed E-state index contributed by atoms with van der Waals surface area (Å²) in [4.78, 5) is 11.3. The summed E-state index contributed by atoms with van der Waals surface area (Å²) in [5, 5.41) is 9.42. The summed E-state index contributed by atoms with van der Waals surface area (Å²) in [5.41, 5.74) is 6.46. The maximum atomic E-state index is 11.3. The van der Waals surface area contributed by atoms with Crippen LogP contribution in [0.1, 0.15) is 36.7 Å². The molecule has 1 atom stereocenters.